The van der Waals surface area contributed by atoms with E-state index >= 15 is 0 Å². The number of carbonyl (C=O) groups excluding carboxylic acids is 1. The lowest BCUT2D eigenvalue weighted by atomic mass is 10.2. The Labute approximate surface area is 130 Å². The maximum atomic E-state index is 11.8. The number of nitrogens with two attached hydrogens (primary N) is 1. The quantitative estimate of drug-likeness (QED) is 0.833. The topological polar surface area (TPSA) is 88.1 Å². The lowest BCUT2D eigenvalue weighted by Crippen LogP contribution is -2.20. The first-order valence-electron chi connectivity index (χ1n) is 6.06. The highest BCUT2D eigenvalue weighted by molar-refractivity contribution is 9.10. The smallest absolute Gasteiger partial charge is 0.262 e. The van der Waals surface area contributed by atoms with Crippen LogP contribution in [0.5, 0.6) is 5.75 Å². The molecular formula is C15H12BrN3O2. The summed E-state index contributed by atoms with van der Waals surface area (Å²) in [6.45, 7) is -0.147. The number of halogens is 1. The highest BCUT2D eigenvalue weighted by atomic mass is 79.9. The minimum absolute atomic E-state index is 0.147. The van der Waals surface area contributed by atoms with E-state index in [9.17, 15) is 4.79 Å². The molecule has 5 nitrogen and oxygen atoms in total. The van der Waals surface area contributed by atoms with Crippen LogP contribution in [0.3, 0.4) is 0 Å². The number of hydrogen-bond acceptors (Lipinski definition) is 4. The first-order valence-corrected chi connectivity index (χ1v) is 6.85. The van der Waals surface area contributed by atoms with Gasteiger partial charge in [-0.15, -0.1) is 0 Å². The highest BCUT2D eigenvalue weighted by Crippen LogP contribution is 2.24. The number of ether oxygens (including phenoxy) is 1. The van der Waals surface area contributed by atoms with Gasteiger partial charge in [-0.3, -0.25) is 4.79 Å². The van der Waals surface area contributed by atoms with E-state index < -0.39 is 0 Å². The van der Waals surface area contributed by atoms with Crippen LogP contribution in [0, 0.1) is 11.3 Å². The number of nitrogens with zero attached hydrogens (tertiary/aromatic N) is 1. The van der Waals surface area contributed by atoms with Crippen LogP contribution in [0.15, 0.2) is 46.9 Å². The van der Waals surface area contributed by atoms with Crippen molar-refractivity contribution in [3.05, 3.63) is 52.5 Å². The summed E-state index contributed by atoms with van der Waals surface area (Å²) < 4.78 is 6.04. The largest absolute Gasteiger partial charge is 0.484 e. The van der Waals surface area contributed by atoms with Crippen molar-refractivity contribution in [1.82, 2.24) is 0 Å². The zero-order valence-corrected chi connectivity index (χ0v) is 12.6. The van der Waals surface area contributed by atoms with Crippen LogP contribution in [0.4, 0.5) is 11.4 Å². The van der Waals surface area contributed by atoms with Gasteiger partial charge in [0, 0.05) is 10.2 Å². The molecule has 2 rings (SSSR count). The van der Waals surface area contributed by atoms with Crippen LogP contribution in [0.25, 0.3) is 0 Å². The third-order valence-electron chi connectivity index (χ3n) is 2.60. The molecule has 2 aromatic rings. The van der Waals surface area contributed by atoms with Crippen molar-refractivity contribution in [3.63, 3.8) is 0 Å². The third kappa shape index (κ3) is 4.23. The van der Waals surface area contributed by atoms with Gasteiger partial charge in [-0.25, -0.2) is 0 Å². The van der Waals surface area contributed by atoms with Crippen LogP contribution in [0.1, 0.15) is 5.56 Å². The molecule has 0 fully saturated rings. The molecule has 1 amide bonds. The van der Waals surface area contributed by atoms with Crippen LogP contribution < -0.4 is 15.8 Å². The Balaban J connectivity index is 1.94. The van der Waals surface area contributed by atoms with E-state index in [4.69, 9.17) is 15.7 Å². The third-order valence-corrected chi connectivity index (χ3v) is 3.26. The van der Waals surface area contributed by atoms with E-state index in [2.05, 4.69) is 21.2 Å². The maximum Gasteiger partial charge on any atom is 0.262 e. The van der Waals surface area contributed by atoms with E-state index in [1.54, 1.807) is 42.5 Å². The first-order chi connectivity index (χ1) is 10.1. The molecule has 0 spiro atoms. The SMILES string of the molecule is N#Cc1cccc(OCC(=O)Nc2ccc(N)cc2Br)c1. The molecule has 0 aliphatic carbocycles. The second-order valence-corrected chi connectivity index (χ2v) is 5.07. The molecule has 3 N–H and O–H groups in total. The van der Waals surface area contributed by atoms with Crippen molar-refractivity contribution in [3.8, 4) is 11.8 Å². The summed E-state index contributed by atoms with van der Waals surface area (Å²) in [4.78, 5) is 11.8. The lowest BCUT2D eigenvalue weighted by molar-refractivity contribution is -0.118. The number of amides is 1. The number of nitrogen functional groups attached to an aromatic ring is 1. The zero-order valence-electron chi connectivity index (χ0n) is 11.0. The lowest BCUT2D eigenvalue weighted by Gasteiger charge is -2.09. The molecule has 0 saturated carbocycles. The number of anilines is 2. The summed E-state index contributed by atoms with van der Waals surface area (Å²) in [7, 11) is 0. The Morgan fingerprint density at radius 2 is 2.14 bits per heavy atom. The van der Waals surface area contributed by atoms with E-state index in [1.165, 1.54) is 0 Å². The second-order valence-electron chi connectivity index (χ2n) is 4.22. The fourth-order valence-electron chi connectivity index (χ4n) is 1.62. The highest BCUT2D eigenvalue weighted by Gasteiger charge is 2.07. The van der Waals surface area contributed by atoms with E-state index in [1.807, 2.05) is 6.07 Å². The Kier molecular flexibility index (Phi) is 4.80. The van der Waals surface area contributed by atoms with Crippen LogP contribution in [-0.2, 0) is 4.79 Å². The van der Waals surface area contributed by atoms with Crippen molar-refractivity contribution in [1.29, 1.82) is 5.26 Å². The fraction of sp³-hybridized carbons (Fsp3) is 0.0667. The summed E-state index contributed by atoms with van der Waals surface area (Å²) in [5.74, 6) is 0.170. The fourth-order valence-corrected chi connectivity index (χ4v) is 2.12. The van der Waals surface area contributed by atoms with E-state index in [0.717, 1.165) is 0 Å². The van der Waals surface area contributed by atoms with Gasteiger partial charge in [-0.2, -0.15) is 5.26 Å². The van der Waals surface area contributed by atoms with Crippen LogP contribution in [-0.4, -0.2) is 12.5 Å². The molecule has 106 valence electrons. The average molecular weight is 346 g/mol. The molecule has 0 radical (unpaired) electrons. The molecule has 2 aromatic carbocycles. The van der Waals surface area contributed by atoms with E-state index in [-0.39, 0.29) is 12.5 Å². The van der Waals surface area contributed by atoms with Gasteiger partial charge >= 0.3 is 0 Å². The van der Waals surface area contributed by atoms with Gasteiger partial charge < -0.3 is 15.8 Å². The van der Waals surface area contributed by atoms with Gasteiger partial charge in [0.2, 0.25) is 0 Å². The summed E-state index contributed by atoms with van der Waals surface area (Å²) in [6, 6.07) is 13.7. The van der Waals surface area contributed by atoms with E-state index in [0.29, 0.717) is 27.2 Å². The molecule has 0 aliphatic heterocycles. The standard InChI is InChI=1S/C15H12BrN3O2/c16-13-7-11(18)4-5-14(13)19-15(20)9-21-12-3-1-2-10(6-12)8-17/h1-7H,9,18H2,(H,19,20). The molecule has 0 unspecified atom stereocenters. The van der Waals surface area contributed by atoms with Crippen molar-refractivity contribution < 1.29 is 9.53 Å². The maximum absolute atomic E-state index is 11.8. The number of nitriles is 1. The Morgan fingerprint density at radius 3 is 2.86 bits per heavy atom. The molecule has 21 heavy (non-hydrogen) atoms. The van der Waals surface area contributed by atoms with Gasteiger partial charge in [0.15, 0.2) is 6.61 Å². The van der Waals surface area contributed by atoms with Crippen molar-refractivity contribution in [2.24, 2.45) is 0 Å². The van der Waals surface area contributed by atoms with Gasteiger partial charge in [-0.05, 0) is 52.3 Å². The van der Waals surface area contributed by atoms with Crippen molar-refractivity contribution >= 4 is 33.2 Å². The minimum atomic E-state index is -0.303. The Morgan fingerprint density at radius 1 is 1.33 bits per heavy atom. The Bertz CT molecular complexity index is 710. The second kappa shape index (κ2) is 6.77. The number of hydrogen-bond donors (Lipinski definition) is 2. The minimum Gasteiger partial charge on any atom is -0.484 e. The van der Waals surface area contributed by atoms with Crippen molar-refractivity contribution in [2.45, 2.75) is 0 Å². The van der Waals surface area contributed by atoms with Gasteiger partial charge in [0.1, 0.15) is 5.75 Å². The zero-order chi connectivity index (χ0) is 15.2. The molecule has 0 heterocycles. The number of nitrogens with one attached hydrogen (secondary N) is 1. The van der Waals surface area contributed by atoms with Gasteiger partial charge in [0.05, 0.1) is 17.3 Å². The predicted octanol–water partition coefficient (Wildman–Crippen LogP) is 2.92. The molecule has 0 aliphatic rings. The first kappa shape index (κ1) is 14.9. The summed E-state index contributed by atoms with van der Waals surface area (Å²) in [6.07, 6.45) is 0. The number of carbonyl (C=O) groups is 1. The van der Waals surface area contributed by atoms with Crippen LogP contribution >= 0.6 is 15.9 Å². The summed E-state index contributed by atoms with van der Waals surface area (Å²) in [5, 5.41) is 11.5. The molecule has 6 heteroatoms. The van der Waals surface area contributed by atoms with Gasteiger partial charge in [0.25, 0.3) is 5.91 Å². The molecule has 0 aromatic heterocycles. The molecule has 0 saturated heterocycles. The number of benzene rings is 2. The Hall–Kier alpha value is -2.52. The molecule has 0 atom stereocenters. The van der Waals surface area contributed by atoms with Crippen molar-refractivity contribution in [2.75, 3.05) is 17.7 Å². The number of rotatable bonds is 4. The molecule has 0 bridgehead atoms. The average Bonchev–Trinajstić information content (AvgIpc) is 2.48. The monoisotopic (exact) mass is 345 g/mol. The summed E-state index contributed by atoms with van der Waals surface area (Å²) >= 11 is 3.32. The van der Waals surface area contributed by atoms with Crippen LogP contribution in [0.2, 0.25) is 0 Å². The summed E-state index contributed by atoms with van der Waals surface area (Å²) in [5.41, 5.74) is 7.32. The van der Waals surface area contributed by atoms with Gasteiger partial charge in [-0.1, -0.05) is 6.07 Å². The molecular weight excluding hydrogens is 334 g/mol. The predicted molar refractivity (Wildman–Crippen MR) is 83.8 cm³/mol. The normalized spacial score (nSPS) is 9.71.